The first-order valence-corrected chi connectivity index (χ1v) is 27.1. The van der Waals surface area contributed by atoms with E-state index >= 15 is 9.59 Å². The van der Waals surface area contributed by atoms with Crippen molar-refractivity contribution in [1.29, 1.82) is 0 Å². The molecule has 3 aromatic carbocycles. The molecule has 9 amide bonds. The number of benzene rings is 3. The van der Waals surface area contributed by atoms with Crippen molar-refractivity contribution in [3.05, 3.63) is 82.4 Å². The van der Waals surface area contributed by atoms with Gasteiger partial charge in [0, 0.05) is 43.6 Å². The van der Waals surface area contributed by atoms with Crippen LogP contribution in [0.15, 0.2) is 54.6 Å². The molecule has 0 aliphatic carbocycles. The van der Waals surface area contributed by atoms with Gasteiger partial charge in [-0.2, -0.15) is 5.48 Å². The molecule has 5 atom stereocenters. The second-order valence-electron chi connectivity index (χ2n) is 22.8. The Labute approximate surface area is 484 Å². The largest absolute Gasteiger partial charge is 0.491 e. The van der Waals surface area contributed by atoms with Gasteiger partial charge in [0.15, 0.2) is 0 Å². The van der Waals surface area contributed by atoms with Gasteiger partial charge in [-0.15, -0.1) is 0 Å². The average Bonchev–Trinajstić information content (AvgIpc) is 3.39. The van der Waals surface area contributed by atoms with Gasteiger partial charge in [-0.3, -0.25) is 33.6 Å². The van der Waals surface area contributed by atoms with E-state index in [0.29, 0.717) is 11.1 Å². The number of carbonyl (C=O) groups excluding carboxylic acids is 10. The predicted molar refractivity (Wildman–Crippen MR) is 304 cm³/mol. The highest BCUT2D eigenvalue weighted by atomic mass is 16.7. The minimum Gasteiger partial charge on any atom is -0.491 e. The van der Waals surface area contributed by atoms with Gasteiger partial charge in [0.1, 0.15) is 71.7 Å². The zero-order valence-electron chi connectivity index (χ0n) is 50.0. The molecule has 1 aliphatic rings. The lowest BCUT2D eigenvalue weighted by Crippen LogP contribution is -2.57. The maximum atomic E-state index is 15.2. The molecular formula is C58H81N9O16. The SMILES string of the molecule is CC(=O)ONC(=O)[C@H](C)NC(=O)[C@@H]1Cc2ccc(OCCNC(=O)OC(C)(C)C)c(c2)-c2cc(ccc2OCCNC(=O)OC(C)(C)C)[C@H](N(C)C(=O)[C@H](CCNC(=O)OC(C)(C)C)NC(=O)c2ccc(C)cc2C)C(=O)N[C@@H](C)C(=O)N1. The van der Waals surface area contributed by atoms with Gasteiger partial charge in [0.2, 0.25) is 23.6 Å². The molecular weight excluding hydrogens is 1080 g/mol. The Kier molecular flexibility index (Phi) is 23.7. The van der Waals surface area contributed by atoms with Crippen LogP contribution in [-0.2, 0) is 54.2 Å². The molecule has 0 fully saturated rings. The van der Waals surface area contributed by atoms with E-state index in [1.165, 1.54) is 33.0 Å². The summed E-state index contributed by atoms with van der Waals surface area (Å²) in [7, 11) is 1.33. The summed E-state index contributed by atoms with van der Waals surface area (Å²) in [5, 5.41) is 18.6. The van der Waals surface area contributed by atoms with E-state index in [0.717, 1.165) is 17.4 Å². The number of aryl methyl sites for hydroxylation is 2. The van der Waals surface area contributed by atoms with Crippen molar-refractivity contribution in [2.24, 2.45) is 0 Å². The zero-order chi connectivity index (χ0) is 62.1. The quantitative estimate of drug-likeness (QED) is 0.0489. The summed E-state index contributed by atoms with van der Waals surface area (Å²) in [6.07, 6.45) is -2.60. The lowest BCUT2D eigenvalue weighted by atomic mass is 9.93. The van der Waals surface area contributed by atoms with Crippen molar-refractivity contribution in [2.75, 3.05) is 39.9 Å². The van der Waals surface area contributed by atoms with Crippen molar-refractivity contribution in [2.45, 2.75) is 157 Å². The molecule has 1 heterocycles. The van der Waals surface area contributed by atoms with Crippen molar-refractivity contribution < 1.29 is 76.5 Å². The maximum absolute atomic E-state index is 15.2. The Balaban J connectivity index is 1.94. The van der Waals surface area contributed by atoms with E-state index in [1.807, 2.05) is 12.4 Å². The van der Waals surface area contributed by atoms with Gasteiger partial charge < -0.3 is 70.6 Å². The van der Waals surface area contributed by atoms with Crippen LogP contribution in [0.4, 0.5) is 14.4 Å². The molecule has 3 aromatic rings. The molecule has 0 spiro atoms. The fourth-order valence-corrected chi connectivity index (χ4v) is 8.16. The molecule has 8 N–H and O–H groups in total. The summed E-state index contributed by atoms with van der Waals surface area (Å²) >= 11 is 0. The number of likely N-dealkylation sites (N-methyl/N-ethyl adjacent to an activating group) is 1. The van der Waals surface area contributed by atoms with Gasteiger partial charge in [-0.1, -0.05) is 29.8 Å². The first-order valence-electron chi connectivity index (χ1n) is 27.1. The number of alkyl carbamates (subject to hydrolysis) is 3. The van der Waals surface area contributed by atoms with Gasteiger partial charge in [0.05, 0.1) is 13.1 Å². The summed E-state index contributed by atoms with van der Waals surface area (Å²) in [5.74, 6) is -5.38. The minimum atomic E-state index is -1.61. The number of hydrogen-bond acceptors (Lipinski definition) is 16. The monoisotopic (exact) mass is 1160 g/mol. The summed E-state index contributed by atoms with van der Waals surface area (Å²) in [6.45, 7) is 22.2. The number of nitrogens with one attached hydrogen (secondary N) is 8. The fraction of sp³-hybridized carbons (Fsp3) is 0.517. The van der Waals surface area contributed by atoms with Crippen molar-refractivity contribution >= 4 is 59.7 Å². The van der Waals surface area contributed by atoms with Crippen LogP contribution in [0.3, 0.4) is 0 Å². The summed E-state index contributed by atoms with van der Waals surface area (Å²) in [6, 6.07) is 7.47. The summed E-state index contributed by atoms with van der Waals surface area (Å²) in [4.78, 5) is 141. The third-order valence-electron chi connectivity index (χ3n) is 11.9. The van der Waals surface area contributed by atoms with Crippen LogP contribution >= 0.6 is 0 Å². The lowest BCUT2D eigenvalue weighted by Gasteiger charge is -2.33. The molecule has 25 heteroatoms. The number of rotatable bonds is 18. The second-order valence-corrected chi connectivity index (χ2v) is 22.8. The Morgan fingerprint density at radius 2 is 1.20 bits per heavy atom. The molecule has 0 unspecified atom stereocenters. The highest BCUT2D eigenvalue weighted by molar-refractivity contribution is 6.00. The topological polar surface area (TPSA) is 326 Å². The highest BCUT2D eigenvalue weighted by Crippen LogP contribution is 2.40. The van der Waals surface area contributed by atoms with Crippen LogP contribution in [0, 0.1) is 13.8 Å². The smallest absolute Gasteiger partial charge is 0.407 e. The van der Waals surface area contributed by atoms with E-state index in [4.69, 9.17) is 23.7 Å². The third kappa shape index (κ3) is 22.0. The fourth-order valence-electron chi connectivity index (χ4n) is 8.16. The van der Waals surface area contributed by atoms with Gasteiger partial charge in [-0.25, -0.2) is 14.4 Å². The first-order chi connectivity index (χ1) is 38.6. The Hall–Kier alpha value is -8.64. The number of hydroxylamine groups is 1. The molecule has 0 saturated heterocycles. The Morgan fingerprint density at radius 3 is 1.73 bits per heavy atom. The zero-order valence-corrected chi connectivity index (χ0v) is 50.0. The minimum absolute atomic E-state index is 0.0326. The van der Waals surface area contributed by atoms with E-state index in [2.05, 4.69) is 42.1 Å². The summed E-state index contributed by atoms with van der Waals surface area (Å²) in [5.41, 5.74) is 2.38. The van der Waals surface area contributed by atoms with Crippen molar-refractivity contribution in [3.8, 4) is 22.6 Å². The predicted octanol–water partition coefficient (Wildman–Crippen LogP) is 4.63. The molecule has 1 aliphatic heterocycles. The molecule has 4 rings (SSSR count). The van der Waals surface area contributed by atoms with Crippen molar-refractivity contribution in [1.82, 2.24) is 47.6 Å². The van der Waals surface area contributed by atoms with Crippen LogP contribution in [0.2, 0.25) is 0 Å². The van der Waals surface area contributed by atoms with E-state index in [1.54, 1.807) is 112 Å². The lowest BCUT2D eigenvalue weighted by molar-refractivity contribution is -0.157. The number of fused-ring (bicyclic) bond motifs is 5. The molecule has 83 heavy (non-hydrogen) atoms. The third-order valence-corrected chi connectivity index (χ3v) is 11.9. The molecule has 454 valence electrons. The second kappa shape index (κ2) is 29.4. The molecule has 0 saturated carbocycles. The molecule has 4 bridgehead atoms. The van der Waals surface area contributed by atoms with Crippen molar-refractivity contribution in [3.63, 3.8) is 0 Å². The Bertz CT molecular complexity index is 2870. The number of ether oxygens (including phenoxy) is 5. The van der Waals surface area contributed by atoms with E-state index in [-0.39, 0.29) is 79.4 Å². The van der Waals surface area contributed by atoms with Crippen LogP contribution in [0.1, 0.15) is 128 Å². The van der Waals surface area contributed by atoms with E-state index < -0.39 is 107 Å². The van der Waals surface area contributed by atoms with E-state index in [9.17, 15) is 38.4 Å². The maximum Gasteiger partial charge on any atom is 0.407 e. The number of amides is 9. The molecule has 0 aromatic heterocycles. The van der Waals surface area contributed by atoms with Gasteiger partial charge in [0.25, 0.3) is 11.8 Å². The van der Waals surface area contributed by atoms with Crippen LogP contribution in [0.5, 0.6) is 11.5 Å². The number of nitrogens with zero attached hydrogens (tertiary/aromatic N) is 1. The summed E-state index contributed by atoms with van der Waals surface area (Å²) < 4.78 is 28.9. The van der Waals surface area contributed by atoms with Crippen LogP contribution < -0.4 is 52.2 Å². The molecule has 25 nitrogen and oxygen atoms in total. The average molecular weight is 1160 g/mol. The molecule has 0 radical (unpaired) electrons. The number of carbonyl (C=O) groups is 10. The first kappa shape index (κ1) is 66.9. The number of hydrogen-bond donors (Lipinski definition) is 8. The van der Waals surface area contributed by atoms with Gasteiger partial charge in [-0.05, 0) is 143 Å². The Morgan fingerprint density at radius 1 is 0.675 bits per heavy atom. The highest BCUT2D eigenvalue weighted by Gasteiger charge is 2.37. The van der Waals surface area contributed by atoms with Gasteiger partial charge >= 0.3 is 24.2 Å². The normalized spacial score (nSPS) is 16.1. The van der Waals surface area contributed by atoms with Crippen LogP contribution in [0.25, 0.3) is 11.1 Å². The van der Waals surface area contributed by atoms with Crippen LogP contribution in [-0.4, -0.2) is 145 Å². The standard InChI is InChI=1S/C58H81N9O16/c1-32-16-19-39(33(2)28-32)49(71)64-42(22-23-59-53(75)80-56(6,7)8)52(74)67(15)46-38-18-21-45(79-27-25-61-55(77)82-58(12,13)14)41(31-38)40-29-37(17-20-44(40)78-26-24-60-54(76)81-57(9,10)11)30-43(65-47(69)34(3)63-51(46)73)50(72)62-35(4)48(70)66-83-36(5)68/h16-21,28-29,31,34-35,42-43,46H,22-27,30H2,1-15H3,(H,59,75)(H,60,76)(H,61,77)(H,62,72)(H,63,73)(H,64,71)(H,65,69)(H,66,70)/t34-,35-,42-,43-,46-/m0/s1.